The van der Waals surface area contributed by atoms with E-state index >= 15 is 0 Å². The van der Waals surface area contributed by atoms with Crippen LogP contribution in [-0.4, -0.2) is 16.7 Å². The Morgan fingerprint density at radius 1 is 1.22 bits per heavy atom. The van der Waals surface area contributed by atoms with E-state index in [0.717, 1.165) is 12.1 Å². The fraction of sp³-hybridized carbons (Fsp3) is 0.278. The molecule has 0 aliphatic rings. The van der Waals surface area contributed by atoms with Gasteiger partial charge in [0, 0.05) is 19.2 Å². The smallest absolute Gasteiger partial charge is 0.379 e. The van der Waals surface area contributed by atoms with Crippen molar-refractivity contribution in [1.82, 2.24) is 10.3 Å². The highest BCUT2D eigenvalue weighted by molar-refractivity contribution is 6.35. The molecule has 2 aromatic rings. The summed E-state index contributed by atoms with van der Waals surface area (Å²) >= 11 is 6.12. The zero-order valence-corrected chi connectivity index (χ0v) is 15.2. The van der Waals surface area contributed by atoms with Gasteiger partial charge in [0.15, 0.2) is 0 Å². The van der Waals surface area contributed by atoms with Crippen molar-refractivity contribution in [2.75, 3.05) is 5.32 Å². The number of pyridine rings is 1. The quantitative estimate of drug-likeness (QED) is 0.491. The van der Waals surface area contributed by atoms with Crippen LogP contribution in [0, 0.1) is 5.41 Å². The van der Waals surface area contributed by atoms with E-state index in [-0.39, 0.29) is 35.3 Å². The minimum Gasteiger partial charge on any atom is -0.379 e. The molecule has 0 saturated carbocycles. The molecule has 0 unspecified atom stereocenters. The molecule has 3 N–H and O–H groups in total. The molecule has 9 heteroatoms. The fourth-order valence-corrected chi connectivity index (χ4v) is 2.58. The van der Waals surface area contributed by atoms with Crippen LogP contribution >= 0.6 is 11.6 Å². The first-order valence-electron chi connectivity index (χ1n) is 8.14. The van der Waals surface area contributed by atoms with Crippen LogP contribution in [0.5, 0.6) is 0 Å². The third kappa shape index (κ3) is 5.68. The number of hydrogen-bond acceptors (Lipinski definition) is 4. The Balaban J connectivity index is 2.14. The molecule has 0 bridgehead atoms. The highest BCUT2D eigenvalue weighted by Crippen LogP contribution is 2.29. The molecular formula is C18H18ClF3N4O. The lowest BCUT2D eigenvalue weighted by atomic mass is 10.1. The Morgan fingerprint density at radius 3 is 2.48 bits per heavy atom. The molecular weight excluding hydrogens is 381 g/mol. The SMILES string of the molecule is CCCC(=O)NC(=N)c1c(Cl)cncc1NCc1ccc(C(F)(F)F)cc1. The van der Waals surface area contributed by atoms with Gasteiger partial charge >= 0.3 is 6.18 Å². The minimum atomic E-state index is -4.39. The van der Waals surface area contributed by atoms with E-state index in [2.05, 4.69) is 15.6 Å². The fourth-order valence-electron chi connectivity index (χ4n) is 2.32. The van der Waals surface area contributed by atoms with Gasteiger partial charge in [-0.05, 0) is 24.1 Å². The summed E-state index contributed by atoms with van der Waals surface area (Å²) in [7, 11) is 0. The van der Waals surface area contributed by atoms with Crippen LogP contribution < -0.4 is 10.6 Å². The van der Waals surface area contributed by atoms with E-state index in [9.17, 15) is 18.0 Å². The number of aromatic nitrogens is 1. The van der Waals surface area contributed by atoms with Crippen LogP contribution in [0.25, 0.3) is 0 Å². The first-order valence-corrected chi connectivity index (χ1v) is 8.52. The van der Waals surface area contributed by atoms with Crippen LogP contribution in [0.2, 0.25) is 5.02 Å². The van der Waals surface area contributed by atoms with Crippen molar-refractivity contribution in [2.24, 2.45) is 0 Å². The van der Waals surface area contributed by atoms with Gasteiger partial charge in [-0.25, -0.2) is 0 Å². The van der Waals surface area contributed by atoms with Crippen LogP contribution in [0.3, 0.4) is 0 Å². The number of nitrogens with one attached hydrogen (secondary N) is 3. The number of alkyl halides is 3. The summed E-state index contributed by atoms with van der Waals surface area (Å²) in [6, 6.07) is 4.73. The largest absolute Gasteiger partial charge is 0.416 e. The van der Waals surface area contributed by atoms with Gasteiger partial charge in [0.2, 0.25) is 5.91 Å². The third-order valence-corrected chi connectivity index (χ3v) is 3.94. The number of halogens is 4. The molecule has 1 heterocycles. The van der Waals surface area contributed by atoms with Crippen LogP contribution in [-0.2, 0) is 17.5 Å². The van der Waals surface area contributed by atoms with E-state index < -0.39 is 11.7 Å². The molecule has 0 fully saturated rings. The van der Waals surface area contributed by atoms with E-state index in [1.54, 1.807) is 0 Å². The number of amides is 1. The van der Waals surface area contributed by atoms with Gasteiger partial charge in [0.05, 0.1) is 28.0 Å². The van der Waals surface area contributed by atoms with Crippen molar-refractivity contribution in [3.8, 4) is 0 Å². The molecule has 2 rings (SSSR count). The van der Waals surface area contributed by atoms with Gasteiger partial charge < -0.3 is 10.6 Å². The molecule has 1 aromatic carbocycles. The maximum Gasteiger partial charge on any atom is 0.416 e. The van der Waals surface area contributed by atoms with Crippen molar-refractivity contribution >= 4 is 29.0 Å². The average Bonchev–Trinajstić information content (AvgIpc) is 2.59. The third-order valence-electron chi connectivity index (χ3n) is 3.66. The van der Waals surface area contributed by atoms with Gasteiger partial charge in [-0.2, -0.15) is 13.2 Å². The maximum absolute atomic E-state index is 12.6. The molecule has 27 heavy (non-hydrogen) atoms. The number of carbonyl (C=O) groups is 1. The zero-order valence-electron chi connectivity index (χ0n) is 14.5. The summed E-state index contributed by atoms with van der Waals surface area (Å²) in [5.74, 6) is -0.472. The predicted octanol–water partition coefficient (Wildman–Crippen LogP) is 4.61. The lowest BCUT2D eigenvalue weighted by molar-refractivity contribution is -0.137. The number of hydrogen-bond donors (Lipinski definition) is 3. The predicted molar refractivity (Wildman–Crippen MR) is 97.9 cm³/mol. The van der Waals surface area contributed by atoms with Crippen molar-refractivity contribution in [3.63, 3.8) is 0 Å². The molecule has 144 valence electrons. The molecule has 0 spiro atoms. The molecule has 0 atom stereocenters. The van der Waals surface area contributed by atoms with Crippen LogP contribution in [0.1, 0.15) is 36.5 Å². The highest BCUT2D eigenvalue weighted by Gasteiger charge is 2.29. The van der Waals surface area contributed by atoms with Crippen LogP contribution in [0.15, 0.2) is 36.7 Å². The molecule has 1 amide bonds. The summed E-state index contributed by atoms with van der Waals surface area (Å²) in [5.41, 5.74) is 0.541. The number of carbonyl (C=O) groups excluding carboxylic acids is 1. The Labute approximate surface area is 159 Å². The van der Waals surface area contributed by atoms with Crippen molar-refractivity contribution < 1.29 is 18.0 Å². The van der Waals surface area contributed by atoms with E-state index in [0.29, 0.717) is 17.7 Å². The van der Waals surface area contributed by atoms with Crippen LogP contribution in [0.4, 0.5) is 18.9 Å². The summed E-state index contributed by atoms with van der Waals surface area (Å²) in [4.78, 5) is 15.7. The number of amidine groups is 1. The van der Waals surface area contributed by atoms with Crippen molar-refractivity contribution in [3.05, 3.63) is 58.4 Å². The summed E-state index contributed by atoms with van der Waals surface area (Å²) in [6.07, 6.45) is -0.685. The first-order chi connectivity index (χ1) is 12.7. The highest BCUT2D eigenvalue weighted by atomic mass is 35.5. The van der Waals surface area contributed by atoms with Crippen molar-refractivity contribution in [1.29, 1.82) is 5.41 Å². The van der Waals surface area contributed by atoms with Gasteiger partial charge in [0.25, 0.3) is 0 Å². The molecule has 0 aliphatic heterocycles. The molecule has 0 saturated heterocycles. The molecule has 5 nitrogen and oxygen atoms in total. The lowest BCUT2D eigenvalue weighted by Gasteiger charge is -2.15. The minimum absolute atomic E-state index is 0.171. The van der Waals surface area contributed by atoms with Gasteiger partial charge in [-0.3, -0.25) is 15.2 Å². The summed E-state index contributed by atoms with van der Waals surface area (Å²) < 4.78 is 37.9. The lowest BCUT2D eigenvalue weighted by Crippen LogP contribution is -2.31. The topological polar surface area (TPSA) is 77.9 Å². The second-order valence-corrected chi connectivity index (χ2v) is 6.17. The number of anilines is 1. The van der Waals surface area contributed by atoms with E-state index in [1.807, 2.05) is 6.92 Å². The second kappa shape index (κ2) is 8.85. The van der Waals surface area contributed by atoms with E-state index in [1.165, 1.54) is 24.5 Å². The Bertz CT molecular complexity index is 822. The Hall–Kier alpha value is -2.61. The van der Waals surface area contributed by atoms with E-state index in [4.69, 9.17) is 17.0 Å². The standard InChI is InChI=1S/C18H18ClF3N4O/c1-2-3-15(27)26-17(23)16-13(19)9-24-10-14(16)25-8-11-4-6-12(7-5-11)18(20,21)22/h4-7,9-10,25H,2-3,8H2,1H3,(H2,23,26,27). The summed E-state index contributed by atoms with van der Waals surface area (Å²) in [5, 5.41) is 13.7. The Kier molecular flexibility index (Phi) is 6.79. The average molecular weight is 399 g/mol. The molecule has 0 aliphatic carbocycles. The monoisotopic (exact) mass is 398 g/mol. The van der Waals surface area contributed by atoms with Gasteiger partial charge in [-0.15, -0.1) is 0 Å². The molecule has 1 aromatic heterocycles. The summed E-state index contributed by atoms with van der Waals surface area (Å²) in [6.45, 7) is 2.04. The molecule has 0 radical (unpaired) electrons. The maximum atomic E-state index is 12.6. The first kappa shape index (κ1) is 20.7. The van der Waals surface area contributed by atoms with Crippen molar-refractivity contribution in [2.45, 2.75) is 32.5 Å². The Morgan fingerprint density at radius 2 is 1.89 bits per heavy atom. The number of benzene rings is 1. The number of rotatable bonds is 6. The van der Waals surface area contributed by atoms with Gasteiger partial charge in [0.1, 0.15) is 5.84 Å². The normalized spacial score (nSPS) is 11.1. The van der Waals surface area contributed by atoms with Gasteiger partial charge in [-0.1, -0.05) is 30.7 Å². The zero-order chi connectivity index (χ0) is 20.0. The second-order valence-electron chi connectivity index (χ2n) is 5.77. The number of nitrogens with zero attached hydrogens (tertiary/aromatic N) is 1.